The van der Waals surface area contributed by atoms with Crippen molar-refractivity contribution in [3.63, 3.8) is 0 Å². The maximum absolute atomic E-state index is 12.6. The van der Waals surface area contributed by atoms with E-state index in [9.17, 15) is 4.79 Å². The Balaban J connectivity index is 1.93. The van der Waals surface area contributed by atoms with Crippen molar-refractivity contribution in [2.75, 3.05) is 38.3 Å². The number of fused-ring (bicyclic) bond motifs is 1. The molecule has 1 aliphatic heterocycles. The lowest BCUT2D eigenvalue weighted by Crippen LogP contribution is -2.36. The second kappa shape index (κ2) is 6.57. The maximum atomic E-state index is 12.6. The van der Waals surface area contributed by atoms with E-state index in [0.29, 0.717) is 54.6 Å². The zero-order chi connectivity index (χ0) is 17.2. The third kappa shape index (κ3) is 2.85. The van der Waals surface area contributed by atoms with Gasteiger partial charge < -0.3 is 18.8 Å². The van der Waals surface area contributed by atoms with Crippen LogP contribution >= 0.6 is 0 Å². The molecule has 0 aliphatic carbocycles. The van der Waals surface area contributed by atoms with Crippen LogP contribution in [0.4, 0.5) is 5.88 Å². The molecule has 1 aliphatic rings. The first-order valence-corrected chi connectivity index (χ1v) is 8.17. The summed E-state index contributed by atoms with van der Waals surface area (Å²) >= 11 is 0. The summed E-state index contributed by atoms with van der Waals surface area (Å²) in [6.07, 6.45) is 1.62. The van der Waals surface area contributed by atoms with E-state index in [-0.39, 0.29) is 5.43 Å². The minimum absolute atomic E-state index is 0.0821. The van der Waals surface area contributed by atoms with E-state index in [1.807, 2.05) is 29.2 Å². The highest BCUT2D eigenvalue weighted by Crippen LogP contribution is 2.33. The molecule has 6 heteroatoms. The third-order valence-electron chi connectivity index (χ3n) is 4.32. The average molecular weight is 338 g/mol. The zero-order valence-electron chi connectivity index (χ0n) is 13.9. The van der Waals surface area contributed by atoms with Crippen LogP contribution in [0.3, 0.4) is 0 Å². The molecule has 0 bridgehead atoms. The summed E-state index contributed by atoms with van der Waals surface area (Å²) in [5.74, 6) is 1.23. The summed E-state index contributed by atoms with van der Waals surface area (Å²) in [5, 5.41) is 0.507. The fourth-order valence-electron chi connectivity index (χ4n) is 3.04. The largest absolute Gasteiger partial charge is 0.496 e. The van der Waals surface area contributed by atoms with Crippen LogP contribution < -0.4 is 15.1 Å². The molecule has 2 aromatic heterocycles. The molecule has 0 radical (unpaired) electrons. The van der Waals surface area contributed by atoms with Crippen molar-refractivity contribution >= 4 is 16.9 Å². The van der Waals surface area contributed by atoms with Gasteiger partial charge in [-0.2, -0.15) is 0 Å². The van der Waals surface area contributed by atoms with Crippen LogP contribution in [0.25, 0.3) is 22.2 Å². The van der Waals surface area contributed by atoms with Gasteiger partial charge in [-0.15, -0.1) is 0 Å². The Labute approximate surface area is 144 Å². The first kappa shape index (κ1) is 15.7. The van der Waals surface area contributed by atoms with E-state index in [1.165, 1.54) is 0 Å². The second-order valence-corrected chi connectivity index (χ2v) is 5.78. The number of benzene rings is 1. The molecule has 1 aromatic carbocycles. The highest BCUT2D eigenvalue weighted by atomic mass is 16.5. The molecular formula is C19H18N2O4. The molecule has 4 rings (SSSR count). The summed E-state index contributed by atoms with van der Waals surface area (Å²) in [4.78, 5) is 19.1. The van der Waals surface area contributed by atoms with E-state index in [0.717, 1.165) is 5.56 Å². The lowest BCUT2D eigenvalue weighted by atomic mass is 10.1. The van der Waals surface area contributed by atoms with Crippen LogP contribution in [0.2, 0.25) is 0 Å². The SMILES string of the molecule is COc1ccccc1-c1nccc2c(=O)cc(N3CCOCC3)oc12. The van der Waals surface area contributed by atoms with E-state index in [1.54, 1.807) is 25.4 Å². The van der Waals surface area contributed by atoms with Crippen molar-refractivity contribution in [3.8, 4) is 17.0 Å². The van der Waals surface area contributed by atoms with Gasteiger partial charge in [0.05, 0.1) is 25.7 Å². The molecule has 0 amide bonds. The number of pyridine rings is 1. The molecular weight excluding hydrogens is 320 g/mol. The van der Waals surface area contributed by atoms with Crippen LogP contribution in [0, 0.1) is 0 Å². The van der Waals surface area contributed by atoms with Gasteiger partial charge in [0.2, 0.25) is 0 Å². The monoisotopic (exact) mass is 338 g/mol. The average Bonchev–Trinajstić information content (AvgIpc) is 2.68. The number of nitrogens with zero attached hydrogens (tertiary/aromatic N) is 2. The van der Waals surface area contributed by atoms with Crippen molar-refractivity contribution in [1.82, 2.24) is 4.98 Å². The number of hydrogen-bond acceptors (Lipinski definition) is 6. The van der Waals surface area contributed by atoms with Gasteiger partial charge in [0.15, 0.2) is 16.9 Å². The van der Waals surface area contributed by atoms with Gasteiger partial charge in [-0.3, -0.25) is 9.78 Å². The summed E-state index contributed by atoms with van der Waals surface area (Å²) in [6.45, 7) is 2.62. The number of anilines is 1. The van der Waals surface area contributed by atoms with Gasteiger partial charge in [0.1, 0.15) is 11.4 Å². The number of morpholine rings is 1. The zero-order valence-corrected chi connectivity index (χ0v) is 13.9. The van der Waals surface area contributed by atoms with E-state index in [4.69, 9.17) is 13.9 Å². The number of aromatic nitrogens is 1. The van der Waals surface area contributed by atoms with Crippen LogP contribution in [-0.2, 0) is 4.74 Å². The number of methoxy groups -OCH3 is 1. The third-order valence-corrected chi connectivity index (χ3v) is 4.32. The van der Waals surface area contributed by atoms with Gasteiger partial charge in [0.25, 0.3) is 0 Å². The van der Waals surface area contributed by atoms with E-state index < -0.39 is 0 Å². The summed E-state index contributed by atoms with van der Waals surface area (Å²) in [5.41, 5.74) is 1.78. The Morgan fingerprint density at radius 2 is 1.96 bits per heavy atom. The van der Waals surface area contributed by atoms with Gasteiger partial charge in [0, 0.05) is 30.9 Å². The summed E-state index contributed by atoms with van der Waals surface area (Å²) < 4.78 is 16.9. The second-order valence-electron chi connectivity index (χ2n) is 5.78. The number of rotatable bonds is 3. The number of ether oxygens (including phenoxy) is 2. The fraction of sp³-hybridized carbons (Fsp3) is 0.263. The highest BCUT2D eigenvalue weighted by Gasteiger charge is 2.19. The molecule has 0 saturated carbocycles. The Morgan fingerprint density at radius 1 is 1.16 bits per heavy atom. The molecule has 0 spiro atoms. The summed E-state index contributed by atoms with van der Waals surface area (Å²) in [6, 6.07) is 10.8. The van der Waals surface area contributed by atoms with Gasteiger partial charge in [-0.1, -0.05) is 12.1 Å². The lowest BCUT2D eigenvalue weighted by molar-refractivity contribution is 0.121. The Hall–Kier alpha value is -2.86. The molecule has 3 heterocycles. The van der Waals surface area contributed by atoms with Gasteiger partial charge in [-0.05, 0) is 18.2 Å². The molecule has 1 saturated heterocycles. The van der Waals surface area contributed by atoms with E-state index >= 15 is 0 Å². The first-order valence-electron chi connectivity index (χ1n) is 8.17. The number of hydrogen-bond donors (Lipinski definition) is 0. The molecule has 0 N–H and O–H groups in total. The van der Waals surface area contributed by atoms with Crippen LogP contribution in [0.5, 0.6) is 5.75 Å². The predicted molar refractivity (Wildman–Crippen MR) is 95.3 cm³/mol. The Morgan fingerprint density at radius 3 is 2.76 bits per heavy atom. The van der Waals surface area contributed by atoms with Crippen molar-refractivity contribution < 1.29 is 13.9 Å². The van der Waals surface area contributed by atoms with Crippen LogP contribution in [0.1, 0.15) is 0 Å². The predicted octanol–water partition coefficient (Wildman–Crippen LogP) is 2.70. The standard InChI is InChI=1S/C19H18N2O4/c1-23-16-5-3-2-4-14(16)18-19-13(6-7-20-18)15(22)12-17(25-19)21-8-10-24-11-9-21/h2-7,12H,8-11H2,1H3. The van der Waals surface area contributed by atoms with Crippen molar-refractivity contribution in [1.29, 1.82) is 0 Å². The quantitative estimate of drug-likeness (QED) is 0.732. The molecule has 1 fully saturated rings. The van der Waals surface area contributed by atoms with Crippen molar-refractivity contribution in [2.24, 2.45) is 0 Å². The molecule has 0 atom stereocenters. The minimum Gasteiger partial charge on any atom is -0.496 e. The Kier molecular flexibility index (Phi) is 4.11. The van der Waals surface area contributed by atoms with E-state index in [2.05, 4.69) is 4.98 Å². The topological polar surface area (TPSA) is 64.8 Å². The van der Waals surface area contributed by atoms with Crippen molar-refractivity contribution in [2.45, 2.75) is 0 Å². The van der Waals surface area contributed by atoms with Crippen LogP contribution in [0.15, 0.2) is 51.8 Å². The maximum Gasteiger partial charge on any atom is 0.200 e. The molecule has 25 heavy (non-hydrogen) atoms. The molecule has 0 unspecified atom stereocenters. The first-order chi connectivity index (χ1) is 12.3. The highest BCUT2D eigenvalue weighted by molar-refractivity contribution is 5.91. The summed E-state index contributed by atoms with van der Waals surface area (Å²) in [7, 11) is 1.61. The Bertz CT molecular complexity index is 961. The molecule has 128 valence electrons. The van der Waals surface area contributed by atoms with Gasteiger partial charge in [-0.25, -0.2) is 0 Å². The smallest absolute Gasteiger partial charge is 0.200 e. The van der Waals surface area contributed by atoms with Crippen LogP contribution in [-0.4, -0.2) is 38.4 Å². The number of para-hydroxylation sites is 1. The van der Waals surface area contributed by atoms with Crippen molar-refractivity contribution in [3.05, 3.63) is 52.8 Å². The molecule has 6 nitrogen and oxygen atoms in total. The molecule has 3 aromatic rings. The minimum atomic E-state index is -0.0821. The van der Waals surface area contributed by atoms with Gasteiger partial charge >= 0.3 is 0 Å². The normalized spacial score (nSPS) is 14.7. The lowest BCUT2D eigenvalue weighted by Gasteiger charge is -2.27. The fourth-order valence-corrected chi connectivity index (χ4v) is 3.04.